The Labute approximate surface area is 148 Å². The molecule has 3 amide bonds. The minimum atomic E-state index is -0.494. The topological polar surface area (TPSA) is 69.6 Å². The van der Waals surface area contributed by atoms with Gasteiger partial charge in [-0.1, -0.05) is 53.5 Å². The zero-order valence-electron chi connectivity index (χ0n) is 12.3. The second-order valence-electron chi connectivity index (χ2n) is 5.20. The van der Waals surface area contributed by atoms with Gasteiger partial charge in [0.15, 0.2) is 5.75 Å². The van der Waals surface area contributed by atoms with Crippen LogP contribution in [-0.2, 0) is 11.3 Å². The number of urea groups is 1. The number of aromatic hydroxyl groups is 1. The summed E-state index contributed by atoms with van der Waals surface area (Å²) >= 11 is 11.7. The summed E-state index contributed by atoms with van der Waals surface area (Å²) in [6.45, 7) is 0.180. The van der Waals surface area contributed by atoms with Crippen LogP contribution in [0.25, 0.3) is 6.08 Å². The standard InChI is InChI=1S/C17H12Cl2N2O3/c18-12-6-11(7-13(19)15(12)22)8-14-16(23)21(17(24)20-14)9-10-4-2-1-3-5-10/h1-8,22H,9H2,(H,20,24)/b14-8-. The summed E-state index contributed by atoms with van der Waals surface area (Å²) in [7, 11) is 0. The zero-order valence-corrected chi connectivity index (χ0v) is 13.8. The molecule has 122 valence electrons. The highest BCUT2D eigenvalue weighted by molar-refractivity contribution is 6.37. The molecule has 0 atom stereocenters. The molecule has 1 heterocycles. The van der Waals surface area contributed by atoms with Crippen LogP contribution in [0.2, 0.25) is 10.0 Å². The molecule has 1 aliphatic rings. The highest BCUT2D eigenvalue weighted by Gasteiger charge is 2.33. The van der Waals surface area contributed by atoms with Crippen LogP contribution in [0.5, 0.6) is 5.75 Å². The van der Waals surface area contributed by atoms with Gasteiger partial charge in [0.05, 0.1) is 16.6 Å². The predicted octanol–water partition coefficient (Wildman–Crippen LogP) is 3.79. The number of nitrogens with one attached hydrogen (secondary N) is 1. The summed E-state index contributed by atoms with van der Waals surface area (Å²) in [6, 6.07) is 11.6. The monoisotopic (exact) mass is 362 g/mol. The van der Waals surface area contributed by atoms with Crippen LogP contribution >= 0.6 is 23.2 Å². The van der Waals surface area contributed by atoms with Gasteiger partial charge in [-0.3, -0.25) is 9.69 Å². The molecule has 2 aromatic carbocycles. The fourth-order valence-corrected chi connectivity index (χ4v) is 2.82. The Morgan fingerprint density at radius 2 is 1.71 bits per heavy atom. The smallest absolute Gasteiger partial charge is 0.329 e. The number of amides is 3. The van der Waals surface area contributed by atoms with Crippen LogP contribution in [0.4, 0.5) is 4.79 Å². The molecule has 0 saturated carbocycles. The van der Waals surface area contributed by atoms with Crippen molar-refractivity contribution in [3.63, 3.8) is 0 Å². The van der Waals surface area contributed by atoms with Gasteiger partial charge in [0.1, 0.15) is 5.70 Å². The van der Waals surface area contributed by atoms with Gasteiger partial charge < -0.3 is 10.4 Å². The van der Waals surface area contributed by atoms with E-state index in [9.17, 15) is 14.7 Å². The second kappa shape index (κ2) is 6.55. The van der Waals surface area contributed by atoms with Gasteiger partial charge in [0, 0.05) is 0 Å². The lowest BCUT2D eigenvalue weighted by molar-refractivity contribution is -0.123. The van der Waals surface area contributed by atoms with E-state index >= 15 is 0 Å². The second-order valence-corrected chi connectivity index (χ2v) is 6.01. The average Bonchev–Trinajstić information content (AvgIpc) is 2.81. The number of imide groups is 1. The number of benzene rings is 2. The van der Waals surface area contributed by atoms with Crippen molar-refractivity contribution >= 4 is 41.2 Å². The summed E-state index contributed by atoms with van der Waals surface area (Å²) in [6.07, 6.45) is 1.46. The minimum absolute atomic E-state index is 0.0623. The van der Waals surface area contributed by atoms with Crippen molar-refractivity contribution in [2.24, 2.45) is 0 Å². The van der Waals surface area contributed by atoms with Crippen molar-refractivity contribution in [2.45, 2.75) is 6.54 Å². The first-order valence-corrected chi connectivity index (χ1v) is 7.78. The molecule has 0 aliphatic carbocycles. The van der Waals surface area contributed by atoms with Gasteiger partial charge in [-0.2, -0.15) is 0 Å². The van der Waals surface area contributed by atoms with E-state index in [0.717, 1.165) is 10.5 Å². The Balaban J connectivity index is 1.86. The van der Waals surface area contributed by atoms with Gasteiger partial charge in [0.2, 0.25) is 0 Å². The van der Waals surface area contributed by atoms with Crippen molar-refractivity contribution in [1.82, 2.24) is 10.2 Å². The maximum absolute atomic E-state index is 12.4. The molecule has 0 radical (unpaired) electrons. The van der Waals surface area contributed by atoms with Crippen molar-refractivity contribution in [3.05, 3.63) is 69.3 Å². The van der Waals surface area contributed by atoms with E-state index in [1.54, 1.807) is 0 Å². The molecular formula is C17H12Cl2N2O3. The first kappa shape index (κ1) is 16.4. The summed E-state index contributed by atoms with van der Waals surface area (Å²) in [5, 5.41) is 12.2. The van der Waals surface area contributed by atoms with E-state index in [0.29, 0.717) is 5.56 Å². The summed E-state index contributed by atoms with van der Waals surface area (Å²) in [5.74, 6) is -0.669. The molecule has 7 heteroatoms. The number of phenols is 1. The van der Waals surface area contributed by atoms with Gasteiger partial charge in [0.25, 0.3) is 5.91 Å². The number of nitrogens with zero attached hydrogens (tertiary/aromatic N) is 1. The van der Waals surface area contributed by atoms with E-state index in [1.807, 2.05) is 30.3 Å². The molecule has 24 heavy (non-hydrogen) atoms. The maximum Gasteiger partial charge on any atom is 0.329 e. The lowest BCUT2D eigenvalue weighted by Crippen LogP contribution is -2.30. The predicted molar refractivity (Wildman–Crippen MR) is 91.6 cm³/mol. The fraction of sp³-hybridized carbons (Fsp3) is 0.0588. The number of hydrogen-bond donors (Lipinski definition) is 2. The first-order chi connectivity index (χ1) is 11.5. The molecule has 0 spiro atoms. The van der Waals surface area contributed by atoms with Gasteiger partial charge in [-0.25, -0.2) is 4.79 Å². The van der Waals surface area contributed by atoms with Gasteiger partial charge in [-0.05, 0) is 29.3 Å². The van der Waals surface area contributed by atoms with E-state index in [-0.39, 0.29) is 28.0 Å². The molecule has 2 aromatic rings. The lowest BCUT2D eigenvalue weighted by Gasteiger charge is -2.11. The van der Waals surface area contributed by atoms with E-state index in [4.69, 9.17) is 23.2 Å². The van der Waals surface area contributed by atoms with Crippen molar-refractivity contribution in [2.75, 3.05) is 0 Å². The largest absolute Gasteiger partial charge is 0.505 e. The lowest BCUT2D eigenvalue weighted by atomic mass is 10.1. The van der Waals surface area contributed by atoms with E-state index in [2.05, 4.69) is 5.32 Å². The van der Waals surface area contributed by atoms with Crippen LogP contribution in [-0.4, -0.2) is 21.9 Å². The third-order valence-corrected chi connectivity index (χ3v) is 4.07. The van der Waals surface area contributed by atoms with Crippen LogP contribution in [0, 0.1) is 0 Å². The van der Waals surface area contributed by atoms with Crippen LogP contribution < -0.4 is 5.32 Å². The van der Waals surface area contributed by atoms with Crippen molar-refractivity contribution in [3.8, 4) is 5.75 Å². The van der Waals surface area contributed by atoms with Crippen LogP contribution in [0.1, 0.15) is 11.1 Å². The summed E-state index contributed by atoms with van der Waals surface area (Å²) < 4.78 is 0. The molecule has 1 aliphatic heterocycles. The Morgan fingerprint density at radius 1 is 1.08 bits per heavy atom. The minimum Gasteiger partial charge on any atom is -0.505 e. The number of carbonyl (C=O) groups is 2. The van der Waals surface area contributed by atoms with Crippen LogP contribution in [0.3, 0.4) is 0 Å². The molecule has 5 nitrogen and oxygen atoms in total. The zero-order chi connectivity index (χ0) is 17.3. The Bertz CT molecular complexity index is 827. The summed E-state index contributed by atoms with van der Waals surface area (Å²) in [5.41, 5.74) is 1.46. The Morgan fingerprint density at radius 3 is 2.33 bits per heavy atom. The molecule has 3 rings (SSSR count). The summed E-state index contributed by atoms with van der Waals surface area (Å²) in [4.78, 5) is 25.6. The third kappa shape index (κ3) is 3.22. The molecule has 0 unspecified atom stereocenters. The number of phenolic OH excluding ortho intramolecular Hbond substituents is 1. The highest BCUT2D eigenvalue weighted by Crippen LogP contribution is 2.33. The number of hydrogen-bond acceptors (Lipinski definition) is 3. The maximum atomic E-state index is 12.4. The van der Waals surface area contributed by atoms with Crippen molar-refractivity contribution in [1.29, 1.82) is 0 Å². The Kier molecular flexibility index (Phi) is 4.46. The Hall–Kier alpha value is -2.50. The highest BCUT2D eigenvalue weighted by atomic mass is 35.5. The number of halogens is 2. The van der Waals surface area contributed by atoms with E-state index in [1.165, 1.54) is 18.2 Å². The fourth-order valence-electron chi connectivity index (χ4n) is 2.32. The number of carbonyl (C=O) groups excluding carboxylic acids is 2. The molecular weight excluding hydrogens is 351 g/mol. The SMILES string of the molecule is O=C1N/C(=C\c2cc(Cl)c(O)c(Cl)c2)C(=O)N1Cc1ccccc1. The van der Waals surface area contributed by atoms with Crippen molar-refractivity contribution < 1.29 is 14.7 Å². The molecule has 0 bridgehead atoms. The number of rotatable bonds is 3. The van der Waals surface area contributed by atoms with Gasteiger partial charge in [-0.15, -0.1) is 0 Å². The molecule has 1 saturated heterocycles. The normalized spacial score (nSPS) is 15.9. The quantitative estimate of drug-likeness (QED) is 0.644. The molecule has 1 fully saturated rings. The van der Waals surface area contributed by atoms with Crippen LogP contribution in [0.15, 0.2) is 48.2 Å². The van der Waals surface area contributed by atoms with Gasteiger partial charge >= 0.3 is 6.03 Å². The average molecular weight is 363 g/mol. The first-order valence-electron chi connectivity index (χ1n) is 7.02. The van der Waals surface area contributed by atoms with E-state index < -0.39 is 11.9 Å². The molecule has 2 N–H and O–H groups in total. The molecule has 0 aromatic heterocycles. The third-order valence-electron chi connectivity index (χ3n) is 3.50.